The standard InChI is InChI=1S/C19H24Cl2O/c1-19-9-8-13-12-5-7-17(22)18(21)15(12)4-3-14(13)16(19)6-2-11(19)10-20/h10,12-14,16H,2-9H2,1H3/b11-10+/t12-,13-,14-,16+,19-/m1/s1. The second-order valence-electron chi connectivity index (χ2n) is 8.01. The molecule has 0 aliphatic heterocycles. The van der Waals surface area contributed by atoms with Crippen LogP contribution in [-0.4, -0.2) is 5.78 Å². The maximum Gasteiger partial charge on any atom is 0.174 e. The third kappa shape index (κ3) is 2.01. The molecule has 3 fully saturated rings. The quantitative estimate of drug-likeness (QED) is 0.544. The van der Waals surface area contributed by atoms with Crippen molar-refractivity contribution < 1.29 is 4.79 Å². The van der Waals surface area contributed by atoms with Gasteiger partial charge >= 0.3 is 0 Å². The Bertz CT molecular complexity index is 576. The molecule has 0 bridgehead atoms. The van der Waals surface area contributed by atoms with E-state index in [9.17, 15) is 4.79 Å². The number of hydrogen-bond acceptors (Lipinski definition) is 1. The van der Waals surface area contributed by atoms with Gasteiger partial charge in [0.05, 0.1) is 5.03 Å². The van der Waals surface area contributed by atoms with Crippen molar-refractivity contribution in [2.24, 2.45) is 29.1 Å². The van der Waals surface area contributed by atoms with Crippen LogP contribution in [0.25, 0.3) is 0 Å². The van der Waals surface area contributed by atoms with Gasteiger partial charge in [0.1, 0.15) is 0 Å². The monoisotopic (exact) mass is 338 g/mol. The number of Topliss-reactive ketones (excluding diaryl/α,β-unsaturated/α-hetero) is 1. The van der Waals surface area contributed by atoms with Crippen molar-refractivity contribution in [2.45, 2.75) is 58.3 Å². The summed E-state index contributed by atoms with van der Waals surface area (Å²) in [6.07, 6.45) is 8.97. The highest BCUT2D eigenvalue weighted by Gasteiger charge is 2.54. The van der Waals surface area contributed by atoms with E-state index in [1.807, 2.05) is 5.54 Å². The molecule has 0 radical (unpaired) electrons. The number of fused-ring (bicyclic) bond motifs is 5. The minimum absolute atomic E-state index is 0.181. The van der Waals surface area contributed by atoms with E-state index in [1.165, 1.54) is 43.3 Å². The molecule has 3 saturated carbocycles. The lowest BCUT2D eigenvalue weighted by Gasteiger charge is -2.53. The molecule has 0 aromatic heterocycles. The summed E-state index contributed by atoms with van der Waals surface area (Å²) < 4.78 is 0. The largest absolute Gasteiger partial charge is 0.293 e. The maximum atomic E-state index is 11.9. The zero-order chi connectivity index (χ0) is 15.5. The van der Waals surface area contributed by atoms with Crippen molar-refractivity contribution in [3.63, 3.8) is 0 Å². The molecule has 4 aliphatic carbocycles. The van der Waals surface area contributed by atoms with Gasteiger partial charge in [0.2, 0.25) is 0 Å². The molecule has 0 amide bonds. The van der Waals surface area contributed by atoms with Crippen LogP contribution in [0.5, 0.6) is 0 Å². The Labute approximate surface area is 143 Å². The van der Waals surface area contributed by atoms with Gasteiger partial charge in [-0.2, -0.15) is 0 Å². The lowest BCUT2D eigenvalue weighted by Crippen LogP contribution is -2.45. The Morgan fingerprint density at radius 3 is 2.68 bits per heavy atom. The van der Waals surface area contributed by atoms with Crippen molar-refractivity contribution in [3.05, 3.63) is 21.7 Å². The van der Waals surface area contributed by atoms with Gasteiger partial charge in [-0.05, 0) is 79.6 Å². The first-order valence-electron chi connectivity index (χ1n) is 8.77. The summed E-state index contributed by atoms with van der Waals surface area (Å²) in [4.78, 5) is 11.9. The summed E-state index contributed by atoms with van der Waals surface area (Å²) in [5.74, 6) is 3.10. The Balaban J connectivity index is 1.66. The molecule has 22 heavy (non-hydrogen) atoms. The molecular weight excluding hydrogens is 315 g/mol. The molecule has 3 heteroatoms. The lowest BCUT2D eigenvalue weighted by atomic mass is 9.52. The highest BCUT2D eigenvalue weighted by Crippen LogP contribution is 2.63. The van der Waals surface area contributed by atoms with E-state index >= 15 is 0 Å². The van der Waals surface area contributed by atoms with E-state index in [0.717, 1.165) is 30.6 Å². The van der Waals surface area contributed by atoms with Crippen molar-refractivity contribution in [3.8, 4) is 0 Å². The Hall–Kier alpha value is -0.270. The van der Waals surface area contributed by atoms with E-state index < -0.39 is 0 Å². The molecule has 0 aromatic rings. The summed E-state index contributed by atoms with van der Waals surface area (Å²) in [6.45, 7) is 2.44. The molecule has 1 nitrogen and oxygen atoms in total. The summed E-state index contributed by atoms with van der Waals surface area (Å²) in [5, 5.41) is 0.593. The van der Waals surface area contributed by atoms with Crippen LogP contribution < -0.4 is 0 Å². The van der Waals surface area contributed by atoms with Crippen LogP contribution in [0.2, 0.25) is 0 Å². The van der Waals surface area contributed by atoms with Gasteiger partial charge in [0.15, 0.2) is 5.78 Å². The second kappa shape index (κ2) is 5.38. The van der Waals surface area contributed by atoms with E-state index in [-0.39, 0.29) is 5.78 Å². The maximum absolute atomic E-state index is 11.9. The zero-order valence-corrected chi connectivity index (χ0v) is 14.7. The fourth-order valence-electron chi connectivity index (χ4n) is 6.26. The van der Waals surface area contributed by atoms with Crippen LogP contribution in [-0.2, 0) is 4.79 Å². The number of hydrogen-bond donors (Lipinski definition) is 0. The fourth-order valence-corrected chi connectivity index (χ4v) is 6.95. The molecule has 0 unspecified atom stereocenters. The second-order valence-corrected chi connectivity index (χ2v) is 8.61. The first-order valence-corrected chi connectivity index (χ1v) is 9.59. The number of carbonyl (C=O) groups excluding carboxylic acids is 1. The van der Waals surface area contributed by atoms with Gasteiger partial charge in [0.25, 0.3) is 0 Å². The smallest absolute Gasteiger partial charge is 0.174 e. The third-order valence-corrected chi connectivity index (χ3v) is 8.11. The third-order valence-electron chi connectivity index (χ3n) is 7.39. The molecule has 0 saturated heterocycles. The Morgan fingerprint density at radius 1 is 1.09 bits per heavy atom. The van der Waals surface area contributed by atoms with Crippen LogP contribution in [0, 0.1) is 29.1 Å². The first kappa shape index (κ1) is 15.3. The van der Waals surface area contributed by atoms with Crippen molar-refractivity contribution in [1.82, 2.24) is 0 Å². The van der Waals surface area contributed by atoms with Gasteiger partial charge in [-0.15, -0.1) is 0 Å². The number of carbonyl (C=O) groups is 1. The van der Waals surface area contributed by atoms with Gasteiger partial charge < -0.3 is 0 Å². The highest BCUT2D eigenvalue weighted by atomic mass is 35.5. The molecule has 120 valence electrons. The fraction of sp³-hybridized carbons (Fsp3) is 0.737. The number of ketones is 1. The van der Waals surface area contributed by atoms with E-state index in [2.05, 4.69) is 6.92 Å². The minimum atomic E-state index is 0.181. The molecule has 5 atom stereocenters. The van der Waals surface area contributed by atoms with Crippen LogP contribution >= 0.6 is 23.2 Å². The van der Waals surface area contributed by atoms with Gasteiger partial charge in [-0.3, -0.25) is 4.79 Å². The van der Waals surface area contributed by atoms with Crippen LogP contribution in [0.4, 0.5) is 0 Å². The minimum Gasteiger partial charge on any atom is -0.293 e. The van der Waals surface area contributed by atoms with Gasteiger partial charge in [-0.1, -0.05) is 35.7 Å². The van der Waals surface area contributed by atoms with E-state index in [4.69, 9.17) is 23.2 Å². The van der Waals surface area contributed by atoms with Gasteiger partial charge in [0, 0.05) is 12.0 Å². The topological polar surface area (TPSA) is 17.1 Å². The number of halogens is 2. The lowest BCUT2D eigenvalue weighted by molar-refractivity contribution is -0.116. The molecule has 4 rings (SSSR count). The molecule has 0 spiro atoms. The van der Waals surface area contributed by atoms with E-state index in [0.29, 0.717) is 22.8 Å². The zero-order valence-electron chi connectivity index (χ0n) is 13.2. The molecule has 0 N–H and O–H groups in total. The summed E-state index contributed by atoms with van der Waals surface area (Å²) in [5.41, 5.74) is 4.98. The van der Waals surface area contributed by atoms with Crippen molar-refractivity contribution in [1.29, 1.82) is 0 Å². The Morgan fingerprint density at radius 2 is 1.91 bits per heavy atom. The van der Waals surface area contributed by atoms with Crippen LogP contribution in [0.1, 0.15) is 58.3 Å². The number of rotatable bonds is 0. The predicted octanol–water partition coefficient (Wildman–Crippen LogP) is 5.82. The average molecular weight is 339 g/mol. The SMILES string of the molecule is C[C@]12CC[C@H]3[C@@H](CCC4=C(Cl)C(=O)CC[C@@H]43)[C@@H]1CC/C2=C\Cl. The average Bonchev–Trinajstić information content (AvgIpc) is 2.87. The normalized spacial score (nSPS) is 46.5. The van der Waals surface area contributed by atoms with Crippen LogP contribution in [0.3, 0.4) is 0 Å². The Kier molecular flexibility index (Phi) is 3.73. The molecule has 0 aromatic carbocycles. The molecule has 0 heterocycles. The molecule has 4 aliphatic rings. The highest BCUT2D eigenvalue weighted by molar-refractivity contribution is 6.43. The summed E-state index contributed by atoms with van der Waals surface area (Å²) in [7, 11) is 0. The van der Waals surface area contributed by atoms with Crippen LogP contribution in [0.15, 0.2) is 21.7 Å². The van der Waals surface area contributed by atoms with Gasteiger partial charge in [-0.25, -0.2) is 0 Å². The van der Waals surface area contributed by atoms with E-state index in [1.54, 1.807) is 0 Å². The molecular formula is C19H24Cl2O. The predicted molar refractivity (Wildman–Crippen MR) is 90.8 cm³/mol. The van der Waals surface area contributed by atoms with Crippen molar-refractivity contribution in [2.75, 3.05) is 0 Å². The first-order chi connectivity index (χ1) is 10.6. The summed E-state index contributed by atoms with van der Waals surface area (Å²) >= 11 is 12.5. The summed E-state index contributed by atoms with van der Waals surface area (Å²) in [6, 6.07) is 0. The van der Waals surface area contributed by atoms with Crippen molar-refractivity contribution >= 4 is 29.0 Å². The number of allylic oxidation sites excluding steroid dienone is 2.